The van der Waals surface area contributed by atoms with Gasteiger partial charge in [0.2, 0.25) is 5.78 Å². The van der Waals surface area contributed by atoms with Gasteiger partial charge in [-0.1, -0.05) is 34.0 Å². The van der Waals surface area contributed by atoms with Crippen LogP contribution >= 0.6 is 31.9 Å². The molecule has 0 amide bonds. The zero-order valence-electron chi connectivity index (χ0n) is 10.6. The molecule has 20 heavy (non-hydrogen) atoms. The van der Waals surface area contributed by atoms with Crippen LogP contribution in [0.15, 0.2) is 51.4 Å². The number of hydrogen-bond donors (Lipinski definition) is 0. The highest BCUT2D eigenvalue weighted by molar-refractivity contribution is 9.10. The summed E-state index contributed by atoms with van der Waals surface area (Å²) in [6.45, 7) is 0. The van der Waals surface area contributed by atoms with Crippen LogP contribution in [0.5, 0.6) is 5.75 Å². The van der Waals surface area contributed by atoms with Crippen LogP contribution in [0.3, 0.4) is 0 Å². The average molecular weight is 394 g/mol. The number of methoxy groups -OCH3 is 1. The Morgan fingerprint density at radius 1 is 1.15 bits per heavy atom. The van der Waals surface area contributed by atoms with Crippen LogP contribution in [0.25, 0.3) is 0 Å². The van der Waals surface area contributed by atoms with Crippen LogP contribution in [0.4, 0.5) is 0 Å². The quantitative estimate of drug-likeness (QED) is 0.556. The van der Waals surface area contributed by atoms with E-state index < -0.39 is 0 Å². The fraction of sp³-hybridized carbons (Fsp3) is 0.0625. The first-order valence-corrected chi connectivity index (χ1v) is 7.34. The summed E-state index contributed by atoms with van der Waals surface area (Å²) in [5.41, 5.74) is 1.30. The number of hydrogen-bond acceptors (Lipinski definition) is 2. The lowest BCUT2D eigenvalue weighted by molar-refractivity contribution is 0.105. The molecule has 2 aromatic rings. The number of ether oxygens (including phenoxy) is 1. The summed E-state index contributed by atoms with van der Waals surface area (Å²) < 4.78 is 6.89. The highest BCUT2D eigenvalue weighted by Gasteiger charge is 2.03. The summed E-state index contributed by atoms with van der Waals surface area (Å²) in [6, 6.07) is 12.6. The number of Topliss-reactive ketones (excluding diaryl/α,β-unsaturated/α-hetero) is 1. The van der Waals surface area contributed by atoms with Crippen molar-refractivity contribution >= 4 is 37.6 Å². The van der Waals surface area contributed by atoms with Crippen LogP contribution in [0.2, 0.25) is 0 Å². The summed E-state index contributed by atoms with van der Waals surface area (Å²) in [6.07, 6.45) is 0. The van der Waals surface area contributed by atoms with Crippen molar-refractivity contribution in [1.29, 1.82) is 0 Å². The van der Waals surface area contributed by atoms with E-state index in [0.29, 0.717) is 11.3 Å². The maximum absolute atomic E-state index is 12.0. The van der Waals surface area contributed by atoms with Crippen molar-refractivity contribution in [3.05, 3.63) is 62.5 Å². The molecule has 2 nitrogen and oxygen atoms in total. The third-order valence-electron chi connectivity index (χ3n) is 2.56. The number of halogens is 2. The third-order valence-corrected chi connectivity index (χ3v) is 3.71. The lowest BCUT2D eigenvalue weighted by Crippen LogP contribution is -1.94. The average Bonchev–Trinajstić information content (AvgIpc) is 2.46. The van der Waals surface area contributed by atoms with Gasteiger partial charge in [0.25, 0.3) is 0 Å². The molecule has 0 aliphatic rings. The van der Waals surface area contributed by atoms with Gasteiger partial charge in [-0.2, -0.15) is 0 Å². The summed E-state index contributed by atoms with van der Waals surface area (Å²) in [5, 5.41) is 0. The Hall–Kier alpha value is -1.57. The Bertz CT molecular complexity index is 712. The highest BCUT2D eigenvalue weighted by atomic mass is 79.9. The van der Waals surface area contributed by atoms with Crippen molar-refractivity contribution in [2.24, 2.45) is 0 Å². The molecule has 0 saturated heterocycles. The summed E-state index contributed by atoms with van der Waals surface area (Å²) >= 11 is 6.70. The molecular formula is C16H10Br2O2. The highest BCUT2D eigenvalue weighted by Crippen LogP contribution is 2.25. The van der Waals surface area contributed by atoms with Crippen LogP contribution in [-0.2, 0) is 0 Å². The molecule has 0 saturated carbocycles. The third kappa shape index (κ3) is 3.72. The van der Waals surface area contributed by atoms with Crippen LogP contribution in [0.1, 0.15) is 15.9 Å². The predicted octanol–water partition coefficient (Wildman–Crippen LogP) is 4.45. The molecule has 0 heterocycles. The van der Waals surface area contributed by atoms with E-state index in [9.17, 15) is 4.79 Å². The van der Waals surface area contributed by atoms with Gasteiger partial charge in [0.05, 0.1) is 11.6 Å². The minimum absolute atomic E-state index is 0.215. The van der Waals surface area contributed by atoms with Crippen molar-refractivity contribution in [2.45, 2.75) is 0 Å². The van der Waals surface area contributed by atoms with Gasteiger partial charge in [0.1, 0.15) is 5.75 Å². The minimum atomic E-state index is -0.215. The number of carbonyl (C=O) groups excluding carboxylic acids is 1. The monoisotopic (exact) mass is 392 g/mol. The molecule has 0 atom stereocenters. The normalized spacial score (nSPS) is 9.55. The Morgan fingerprint density at radius 3 is 2.65 bits per heavy atom. The Balaban J connectivity index is 2.24. The molecule has 0 radical (unpaired) electrons. The van der Waals surface area contributed by atoms with E-state index in [1.54, 1.807) is 25.3 Å². The SMILES string of the molecule is COc1cc(C#CC(=O)c2cccc(Br)c2)ccc1Br. The van der Waals surface area contributed by atoms with Gasteiger partial charge in [-0.3, -0.25) is 4.79 Å². The fourth-order valence-electron chi connectivity index (χ4n) is 1.57. The fourth-order valence-corrected chi connectivity index (χ4v) is 2.38. The minimum Gasteiger partial charge on any atom is -0.496 e. The van der Waals surface area contributed by atoms with Crippen LogP contribution in [-0.4, -0.2) is 12.9 Å². The van der Waals surface area contributed by atoms with Gasteiger partial charge in [-0.05, 0) is 52.2 Å². The van der Waals surface area contributed by atoms with Gasteiger partial charge >= 0.3 is 0 Å². The molecular weight excluding hydrogens is 384 g/mol. The molecule has 100 valence electrons. The Morgan fingerprint density at radius 2 is 1.95 bits per heavy atom. The van der Waals surface area contributed by atoms with E-state index in [-0.39, 0.29) is 5.78 Å². The van der Waals surface area contributed by atoms with Gasteiger partial charge in [0.15, 0.2) is 0 Å². The summed E-state index contributed by atoms with van der Waals surface area (Å²) in [5.74, 6) is 5.95. The predicted molar refractivity (Wildman–Crippen MR) is 86.0 cm³/mol. The maximum atomic E-state index is 12.0. The summed E-state index contributed by atoms with van der Waals surface area (Å²) in [4.78, 5) is 12.0. The van der Waals surface area contributed by atoms with Crippen molar-refractivity contribution < 1.29 is 9.53 Å². The van der Waals surface area contributed by atoms with Gasteiger partial charge in [-0.25, -0.2) is 0 Å². The lowest BCUT2D eigenvalue weighted by Gasteiger charge is -2.02. The first-order chi connectivity index (χ1) is 9.60. The van der Waals surface area contributed by atoms with Crippen LogP contribution < -0.4 is 4.74 Å². The maximum Gasteiger partial charge on any atom is 0.236 e. The van der Waals surface area contributed by atoms with Gasteiger partial charge < -0.3 is 4.74 Å². The van der Waals surface area contributed by atoms with Crippen molar-refractivity contribution in [3.63, 3.8) is 0 Å². The van der Waals surface area contributed by atoms with E-state index in [1.807, 2.05) is 24.3 Å². The number of carbonyl (C=O) groups is 1. The second kappa shape index (κ2) is 6.74. The van der Waals surface area contributed by atoms with Crippen molar-refractivity contribution in [1.82, 2.24) is 0 Å². The van der Waals surface area contributed by atoms with Crippen molar-refractivity contribution in [3.8, 4) is 17.6 Å². The van der Waals surface area contributed by atoms with E-state index in [0.717, 1.165) is 14.5 Å². The molecule has 0 aromatic heterocycles. The largest absolute Gasteiger partial charge is 0.496 e. The topological polar surface area (TPSA) is 26.3 Å². The molecule has 0 spiro atoms. The first-order valence-electron chi connectivity index (χ1n) is 5.75. The first kappa shape index (κ1) is 14.8. The molecule has 0 bridgehead atoms. The molecule has 0 aliphatic heterocycles. The van der Waals surface area contributed by atoms with E-state index in [1.165, 1.54) is 0 Å². The van der Waals surface area contributed by atoms with Gasteiger partial charge in [-0.15, -0.1) is 0 Å². The number of ketones is 1. The molecule has 0 fully saturated rings. The molecule has 0 N–H and O–H groups in total. The van der Waals surface area contributed by atoms with Crippen LogP contribution in [0, 0.1) is 11.8 Å². The van der Waals surface area contributed by atoms with Gasteiger partial charge in [0, 0.05) is 15.6 Å². The second-order valence-electron chi connectivity index (χ2n) is 3.94. The zero-order valence-corrected chi connectivity index (χ0v) is 13.8. The van der Waals surface area contributed by atoms with E-state index in [4.69, 9.17) is 4.74 Å². The molecule has 2 aromatic carbocycles. The van der Waals surface area contributed by atoms with Crippen molar-refractivity contribution in [2.75, 3.05) is 7.11 Å². The van der Waals surface area contributed by atoms with E-state index >= 15 is 0 Å². The summed E-state index contributed by atoms with van der Waals surface area (Å²) in [7, 11) is 1.59. The smallest absolute Gasteiger partial charge is 0.236 e. The molecule has 0 unspecified atom stereocenters. The molecule has 0 aliphatic carbocycles. The second-order valence-corrected chi connectivity index (χ2v) is 5.71. The zero-order chi connectivity index (χ0) is 14.5. The van der Waals surface area contributed by atoms with E-state index in [2.05, 4.69) is 43.7 Å². The standard InChI is InChI=1S/C16H10Br2O2/c1-20-16-9-11(5-7-14(16)18)6-8-15(19)12-3-2-4-13(17)10-12/h2-5,7,9-10H,1H3. The number of benzene rings is 2. The molecule has 4 heteroatoms. The number of rotatable bonds is 2. The lowest BCUT2D eigenvalue weighted by atomic mass is 10.1. The Kier molecular flexibility index (Phi) is 4.99. The molecule has 2 rings (SSSR count). The Labute approximate surface area is 134 Å².